The summed E-state index contributed by atoms with van der Waals surface area (Å²) in [6, 6.07) is 0.129. The van der Waals surface area contributed by atoms with E-state index in [2.05, 4.69) is 19.2 Å². The first-order chi connectivity index (χ1) is 6.49. The number of hydrogen-bond donors (Lipinski definition) is 1. The Hall–Kier alpha value is -0.570. The Morgan fingerprint density at radius 1 is 1.29 bits per heavy atom. The summed E-state index contributed by atoms with van der Waals surface area (Å²) in [6.45, 7) is 11.2. The molecule has 0 aliphatic heterocycles. The Morgan fingerprint density at radius 2 is 1.86 bits per heavy atom. The minimum Gasteiger partial charge on any atom is -0.380 e. The van der Waals surface area contributed by atoms with Crippen LogP contribution >= 0.6 is 0 Å². The fourth-order valence-corrected chi connectivity index (χ4v) is 0.995. The van der Waals surface area contributed by atoms with E-state index < -0.39 is 0 Å². The summed E-state index contributed by atoms with van der Waals surface area (Å²) < 4.78 is 5.32. The smallest absolute Gasteiger partial charge is 0.222 e. The molecule has 0 aliphatic carbocycles. The highest BCUT2D eigenvalue weighted by Crippen LogP contribution is 2.04. The summed E-state index contributed by atoms with van der Waals surface area (Å²) in [5, 5.41) is 2.99. The largest absolute Gasteiger partial charge is 0.380 e. The van der Waals surface area contributed by atoms with E-state index in [9.17, 15) is 4.79 Å². The molecule has 3 nitrogen and oxygen atoms in total. The van der Waals surface area contributed by atoms with Gasteiger partial charge in [0.05, 0.1) is 12.6 Å². The van der Waals surface area contributed by atoms with Crippen molar-refractivity contribution >= 4 is 5.91 Å². The van der Waals surface area contributed by atoms with Gasteiger partial charge in [-0.05, 0) is 12.8 Å². The number of hydrogen-bond acceptors (Lipinski definition) is 2. The van der Waals surface area contributed by atoms with Gasteiger partial charge in [0.2, 0.25) is 5.91 Å². The highest BCUT2D eigenvalue weighted by molar-refractivity contribution is 5.78. The van der Waals surface area contributed by atoms with Gasteiger partial charge in [-0.1, -0.05) is 27.7 Å². The van der Waals surface area contributed by atoms with Crippen molar-refractivity contribution in [3.8, 4) is 0 Å². The molecule has 0 bridgehead atoms. The van der Waals surface area contributed by atoms with Gasteiger partial charge < -0.3 is 10.1 Å². The van der Waals surface area contributed by atoms with Gasteiger partial charge in [-0.15, -0.1) is 0 Å². The van der Waals surface area contributed by atoms with Crippen LogP contribution in [0.4, 0.5) is 0 Å². The lowest BCUT2D eigenvalue weighted by atomic mass is 10.0. The molecule has 1 amide bonds. The van der Waals surface area contributed by atoms with E-state index in [1.54, 1.807) is 0 Å². The molecule has 1 N–H and O–H groups in total. The van der Waals surface area contributed by atoms with E-state index in [0.29, 0.717) is 19.1 Å². The molecule has 84 valence electrons. The molecule has 0 aromatic carbocycles. The van der Waals surface area contributed by atoms with Crippen LogP contribution in [0.3, 0.4) is 0 Å². The quantitative estimate of drug-likeness (QED) is 0.712. The van der Waals surface area contributed by atoms with Crippen LogP contribution in [-0.4, -0.2) is 25.2 Å². The molecule has 0 rings (SSSR count). The zero-order valence-corrected chi connectivity index (χ0v) is 9.96. The Balaban J connectivity index is 4.02. The number of carbonyl (C=O) groups excluding carboxylic acids is 1. The lowest BCUT2D eigenvalue weighted by molar-refractivity contribution is -0.125. The maximum Gasteiger partial charge on any atom is 0.222 e. The highest BCUT2D eigenvalue weighted by Gasteiger charge is 2.17. The maximum atomic E-state index is 11.5. The van der Waals surface area contributed by atoms with Crippen molar-refractivity contribution in [1.29, 1.82) is 0 Å². The Kier molecular flexibility index (Phi) is 6.54. The summed E-state index contributed by atoms with van der Waals surface area (Å²) in [7, 11) is 0. The second kappa shape index (κ2) is 6.82. The van der Waals surface area contributed by atoms with Gasteiger partial charge in [-0.3, -0.25) is 4.79 Å². The Morgan fingerprint density at radius 3 is 2.21 bits per heavy atom. The second-order valence-corrected chi connectivity index (χ2v) is 4.17. The summed E-state index contributed by atoms with van der Waals surface area (Å²) in [5.41, 5.74) is 0. The number of ether oxygens (including phenoxy) is 1. The zero-order valence-electron chi connectivity index (χ0n) is 9.96. The van der Waals surface area contributed by atoms with Crippen LogP contribution in [-0.2, 0) is 9.53 Å². The molecule has 0 aromatic heterocycles. The third kappa shape index (κ3) is 5.22. The molecule has 1 unspecified atom stereocenters. The number of rotatable bonds is 6. The van der Waals surface area contributed by atoms with Crippen LogP contribution in [0.25, 0.3) is 0 Å². The average Bonchev–Trinajstić information content (AvgIpc) is 2.10. The Labute approximate surface area is 87.2 Å². The van der Waals surface area contributed by atoms with Gasteiger partial charge in [-0.25, -0.2) is 0 Å². The highest BCUT2D eigenvalue weighted by atomic mass is 16.5. The predicted octanol–water partition coefficient (Wildman–Crippen LogP) is 1.82. The van der Waals surface area contributed by atoms with Crippen molar-refractivity contribution in [1.82, 2.24) is 5.32 Å². The topological polar surface area (TPSA) is 38.3 Å². The molecule has 0 saturated carbocycles. The first-order valence-electron chi connectivity index (χ1n) is 5.37. The summed E-state index contributed by atoms with van der Waals surface area (Å²) >= 11 is 0. The molecule has 1 atom stereocenters. The molecular weight excluding hydrogens is 178 g/mol. The minimum atomic E-state index is 0.0397. The monoisotopic (exact) mass is 201 g/mol. The van der Waals surface area contributed by atoms with Crippen LogP contribution in [0.15, 0.2) is 0 Å². The van der Waals surface area contributed by atoms with E-state index in [1.165, 1.54) is 0 Å². The first kappa shape index (κ1) is 13.4. The SMILES string of the molecule is CCOCC(NC(=O)C(C)C)C(C)C. The van der Waals surface area contributed by atoms with Gasteiger partial charge in [0, 0.05) is 12.5 Å². The van der Waals surface area contributed by atoms with E-state index in [0.717, 1.165) is 0 Å². The third-order valence-electron chi connectivity index (χ3n) is 2.16. The van der Waals surface area contributed by atoms with Crippen molar-refractivity contribution in [3.05, 3.63) is 0 Å². The number of nitrogens with one attached hydrogen (secondary N) is 1. The standard InChI is InChI=1S/C11H23NO2/c1-6-14-7-10(8(2)3)12-11(13)9(4)5/h8-10H,6-7H2,1-5H3,(H,12,13). The van der Waals surface area contributed by atoms with Crippen molar-refractivity contribution in [2.45, 2.75) is 40.7 Å². The van der Waals surface area contributed by atoms with Gasteiger partial charge in [0.25, 0.3) is 0 Å². The first-order valence-corrected chi connectivity index (χ1v) is 5.37. The van der Waals surface area contributed by atoms with E-state index in [-0.39, 0.29) is 17.9 Å². The van der Waals surface area contributed by atoms with Gasteiger partial charge in [0.1, 0.15) is 0 Å². The van der Waals surface area contributed by atoms with Gasteiger partial charge in [-0.2, -0.15) is 0 Å². The lowest BCUT2D eigenvalue weighted by Crippen LogP contribution is -2.43. The minimum absolute atomic E-state index is 0.0397. The molecule has 14 heavy (non-hydrogen) atoms. The lowest BCUT2D eigenvalue weighted by Gasteiger charge is -2.23. The van der Waals surface area contributed by atoms with Crippen LogP contribution < -0.4 is 5.32 Å². The fourth-order valence-electron chi connectivity index (χ4n) is 0.995. The molecule has 0 aliphatic rings. The fraction of sp³-hybridized carbons (Fsp3) is 0.909. The molecule has 0 heterocycles. The van der Waals surface area contributed by atoms with Crippen molar-refractivity contribution in [3.63, 3.8) is 0 Å². The van der Waals surface area contributed by atoms with Crippen molar-refractivity contribution < 1.29 is 9.53 Å². The van der Waals surface area contributed by atoms with Gasteiger partial charge >= 0.3 is 0 Å². The molecule has 0 aromatic rings. The van der Waals surface area contributed by atoms with Crippen molar-refractivity contribution in [2.75, 3.05) is 13.2 Å². The third-order valence-corrected chi connectivity index (χ3v) is 2.16. The normalized spacial score (nSPS) is 13.4. The maximum absolute atomic E-state index is 11.5. The molecule has 0 fully saturated rings. The number of amides is 1. The average molecular weight is 201 g/mol. The van der Waals surface area contributed by atoms with E-state index >= 15 is 0 Å². The zero-order chi connectivity index (χ0) is 11.1. The predicted molar refractivity (Wildman–Crippen MR) is 58.1 cm³/mol. The van der Waals surface area contributed by atoms with E-state index in [4.69, 9.17) is 4.74 Å². The van der Waals surface area contributed by atoms with E-state index in [1.807, 2.05) is 20.8 Å². The summed E-state index contributed by atoms with van der Waals surface area (Å²) in [4.78, 5) is 11.5. The molecule has 3 heteroatoms. The van der Waals surface area contributed by atoms with Gasteiger partial charge in [0.15, 0.2) is 0 Å². The molecule has 0 spiro atoms. The van der Waals surface area contributed by atoms with Crippen LogP contribution in [0.5, 0.6) is 0 Å². The van der Waals surface area contributed by atoms with Crippen LogP contribution in [0.2, 0.25) is 0 Å². The van der Waals surface area contributed by atoms with Crippen molar-refractivity contribution in [2.24, 2.45) is 11.8 Å². The van der Waals surface area contributed by atoms with Crippen LogP contribution in [0.1, 0.15) is 34.6 Å². The summed E-state index contributed by atoms with van der Waals surface area (Å²) in [5.74, 6) is 0.547. The summed E-state index contributed by atoms with van der Waals surface area (Å²) in [6.07, 6.45) is 0. The second-order valence-electron chi connectivity index (χ2n) is 4.17. The molecule has 0 saturated heterocycles. The van der Waals surface area contributed by atoms with Crippen LogP contribution in [0, 0.1) is 11.8 Å². The number of carbonyl (C=O) groups is 1. The molecular formula is C11H23NO2. The Bertz CT molecular complexity index is 167. The molecule has 0 radical (unpaired) electrons.